The van der Waals surface area contributed by atoms with E-state index in [1.54, 1.807) is 0 Å². The Kier molecular flexibility index (Phi) is 3.38. The average Bonchev–Trinajstić information content (AvgIpc) is 2.28. The van der Waals surface area contributed by atoms with Gasteiger partial charge in [-0.3, -0.25) is 10.1 Å². The van der Waals surface area contributed by atoms with Gasteiger partial charge in [-0.05, 0) is 12.1 Å². The number of aliphatic hydroxyl groups is 1. The van der Waals surface area contributed by atoms with Gasteiger partial charge >= 0.3 is 5.92 Å². The van der Waals surface area contributed by atoms with Crippen LogP contribution in [0.1, 0.15) is 5.56 Å². The SMILES string of the molecule is COc1ccc(C(F)(F)CO)c([N+](=O)[O-])c1. The van der Waals surface area contributed by atoms with Crippen LogP contribution < -0.4 is 4.74 Å². The van der Waals surface area contributed by atoms with E-state index in [4.69, 9.17) is 9.84 Å². The normalized spacial score (nSPS) is 11.2. The predicted octanol–water partition coefficient (Wildman–Crippen LogP) is 1.69. The molecule has 7 heteroatoms. The topological polar surface area (TPSA) is 72.6 Å². The van der Waals surface area contributed by atoms with E-state index in [2.05, 4.69) is 0 Å². The highest BCUT2D eigenvalue weighted by atomic mass is 19.3. The van der Waals surface area contributed by atoms with Crippen molar-refractivity contribution in [1.82, 2.24) is 0 Å². The van der Waals surface area contributed by atoms with E-state index >= 15 is 0 Å². The third-order valence-electron chi connectivity index (χ3n) is 1.99. The maximum Gasteiger partial charge on any atom is 0.302 e. The molecule has 0 aliphatic rings. The van der Waals surface area contributed by atoms with Crippen molar-refractivity contribution in [1.29, 1.82) is 0 Å². The Morgan fingerprint density at radius 3 is 2.62 bits per heavy atom. The third kappa shape index (κ3) is 2.25. The molecule has 0 atom stereocenters. The highest BCUT2D eigenvalue weighted by molar-refractivity contribution is 5.48. The van der Waals surface area contributed by atoms with E-state index in [0.29, 0.717) is 0 Å². The number of aliphatic hydroxyl groups excluding tert-OH is 1. The van der Waals surface area contributed by atoms with E-state index in [9.17, 15) is 18.9 Å². The lowest BCUT2D eigenvalue weighted by Gasteiger charge is -2.14. The largest absolute Gasteiger partial charge is 0.497 e. The van der Waals surface area contributed by atoms with Crippen LogP contribution in [0.4, 0.5) is 14.5 Å². The van der Waals surface area contributed by atoms with Crippen LogP contribution in [0.5, 0.6) is 5.75 Å². The molecule has 1 N–H and O–H groups in total. The average molecular weight is 233 g/mol. The lowest BCUT2D eigenvalue weighted by atomic mass is 10.1. The first kappa shape index (κ1) is 12.3. The molecule has 0 bridgehead atoms. The van der Waals surface area contributed by atoms with Gasteiger partial charge in [-0.25, -0.2) is 0 Å². The molecule has 1 rings (SSSR count). The number of nitro groups is 1. The fourth-order valence-corrected chi connectivity index (χ4v) is 1.18. The molecule has 0 fully saturated rings. The van der Waals surface area contributed by atoms with Gasteiger partial charge in [-0.1, -0.05) is 0 Å². The smallest absolute Gasteiger partial charge is 0.302 e. The number of nitrogens with zero attached hydrogens (tertiary/aromatic N) is 1. The molecule has 0 aromatic heterocycles. The lowest BCUT2D eigenvalue weighted by molar-refractivity contribution is -0.387. The molecular weight excluding hydrogens is 224 g/mol. The number of alkyl halides is 2. The molecule has 88 valence electrons. The highest BCUT2D eigenvalue weighted by Gasteiger charge is 2.37. The summed E-state index contributed by atoms with van der Waals surface area (Å²) < 4.78 is 31.0. The highest BCUT2D eigenvalue weighted by Crippen LogP contribution is 2.36. The van der Waals surface area contributed by atoms with Crippen molar-refractivity contribution in [2.24, 2.45) is 0 Å². The minimum atomic E-state index is -3.64. The Bertz CT molecular complexity index is 408. The predicted molar refractivity (Wildman–Crippen MR) is 50.6 cm³/mol. The maximum absolute atomic E-state index is 13.1. The zero-order valence-electron chi connectivity index (χ0n) is 8.31. The zero-order valence-corrected chi connectivity index (χ0v) is 8.31. The molecule has 16 heavy (non-hydrogen) atoms. The molecule has 0 saturated heterocycles. The molecular formula is C9H9F2NO4. The molecule has 0 spiro atoms. The number of rotatable bonds is 4. The number of ether oxygens (including phenoxy) is 1. The van der Waals surface area contributed by atoms with E-state index in [1.807, 2.05) is 0 Å². The van der Waals surface area contributed by atoms with Gasteiger partial charge in [0.2, 0.25) is 0 Å². The molecule has 0 amide bonds. The Hall–Kier alpha value is -1.76. The van der Waals surface area contributed by atoms with E-state index in [-0.39, 0.29) is 5.75 Å². The van der Waals surface area contributed by atoms with Crippen LogP contribution in [0.15, 0.2) is 18.2 Å². The first-order valence-corrected chi connectivity index (χ1v) is 4.24. The van der Waals surface area contributed by atoms with Gasteiger partial charge in [-0.15, -0.1) is 0 Å². The molecule has 0 heterocycles. The molecule has 0 aliphatic carbocycles. The minimum absolute atomic E-state index is 0.101. The van der Waals surface area contributed by atoms with Crippen LogP contribution in [-0.4, -0.2) is 23.7 Å². The summed E-state index contributed by atoms with van der Waals surface area (Å²) in [6.07, 6.45) is 0. The molecule has 0 radical (unpaired) electrons. The second-order valence-corrected chi connectivity index (χ2v) is 3.00. The number of nitro benzene ring substituents is 1. The quantitative estimate of drug-likeness (QED) is 0.634. The minimum Gasteiger partial charge on any atom is -0.497 e. The van der Waals surface area contributed by atoms with Crippen LogP contribution in [0.3, 0.4) is 0 Å². The van der Waals surface area contributed by atoms with Crippen molar-refractivity contribution >= 4 is 5.69 Å². The Labute approximate surface area is 89.4 Å². The van der Waals surface area contributed by atoms with Crippen molar-refractivity contribution in [2.75, 3.05) is 13.7 Å². The van der Waals surface area contributed by atoms with Crippen molar-refractivity contribution in [3.8, 4) is 5.75 Å². The molecule has 0 unspecified atom stereocenters. The second-order valence-electron chi connectivity index (χ2n) is 3.00. The fraction of sp³-hybridized carbons (Fsp3) is 0.333. The van der Waals surface area contributed by atoms with Gasteiger partial charge in [0.1, 0.15) is 17.9 Å². The number of hydrogen-bond donors (Lipinski definition) is 1. The fourth-order valence-electron chi connectivity index (χ4n) is 1.18. The summed E-state index contributed by atoms with van der Waals surface area (Å²) in [7, 11) is 1.27. The van der Waals surface area contributed by atoms with Crippen LogP contribution in [0.25, 0.3) is 0 Å². The Morgan fingerprint density at radius 1 is 1.56 bits per heavy atom. The Morgan fingerprint density at radius 2 is 2.19 bits per heavy atom. The summed E-state index contributed by atoms with van der Waals surface area (Å²) in [6.45, 7) is -1.49. The van der Waals surface area contributed by atoms with E-state index < -0.39 is 28.7 Å². The van der Waals surface area contributed by atoms with Gasteiger partial charge in [-0.2, -0.15) is 8.78 Å². The monoisotopic (exact) mass is 233 g/mol. The third-order valence-corrected chi connectivity index (χ3v) is 1.99. The van der Waals surface area contributed by atoms with E-state index in [1.165, 1.54) is 13.2 Å². The van der Waals surface area contributed by atoms with Crippen molar-refractivity contribution in [2.45, 2.75) is 5.92 Å². The van der Waals surface area contributed by atoms with Crippen LogP contribution in [0, 0.1) is 10.1 Å². The summed E-state index contributed by atoms with van der Waals surface area (Å²) in [5.74, 6) is -3.54. The summed E-state index contributed by atoms with van der Waals surface area (Å²) in [5, 5.41) is 19.1. The second kappa shape index (κ2) is 4.40. The number of benzene rings is 1. The maximum atomic E-state index is 13.1. The van der Waals surface area contributed by atoms with Gasteiger partial charge < -0.3 is 9.84 Å². The molecule has 5 nitrogen and oxygen atoms in total. The summed E-state index contributed by atoms with van der Waals surface area (Å²) >= 11 is 0. The van der Waals surface area contributed by atoms with Crippen LogP contribution >= 0.6 is 0 Å². The zero-order chi connectivity index (χ0) is 12.3. The van der Waals surface area contributed by atoms with Crippen LogP contribution in [-0.2, 0) is 5.92 Å². The first-order valence-electron chi connectivity index (χ1n) is 4.24. The molecule has 1 aromatic carbocycles. The van der Waals surface area contributed by atoms with Crippen LogP contribution in [0.2, 0.25) is 0 Å². The van der Waals surface area contributed by atoms with Gasteiger partial charge in [0.25, 0.3) is 5.69 Å². The number of halogens is 2. The number of hydrogen-bond acceptors (Lipinski definition) is 4. The van der Waals surface area contributed by atoms with Gasteiger partial charge in [0.05, 0.1) is 18.1 Å². The number of methoxy groups -OCH3 is 1. The standard InChI is InChI=1S/C9H9F2NO4/c1-16-6-2-3-7(9(10,11)5-13)8(4-6)12(14)15/h2-4,13H,5H2,1H3. The molecule has 1 aromatic rings. The molecule has 0 saturated carbocycles. The van der Waals surface area contributed by atoms with E-state index in [0.717, 1.165) is 12.1 Å². The summed E-state index contributed by atoms with van der Waals surface area (Å²) in [4.78, 5) is 9.64. The Balaban J connectivity index is 3.34. The van der Waals surface area contributed by atoms with Crippen molar-refractivity contribution in [3.63, 3.8) is 0 Å². The summed E-state index contributed by atoms with van der Waals surface area (Å²) in [6, 6.07) is 2.93. The summed E-state index contributed by atoms with van der Waals surface area (Å²) in [5.41, 5.74) is -1.61. The lowest BCUT2D eigenvalue weighted by Crippen LogP contribution is -2.20. The van der Waals surface area contributed by atoms with Crippen molar-refractivity contribution in [3.05, 3.63) is 33.9 Å². The first-order chi connectivity index (χ1) is 7.42. The van der Waals surface area contributed by atoms with Gasteiger partial charge in [0.15, 0.2) is 0 Å². The van der Waals surface area contributed by atoms with Crippen molar-refractivity contribution < 1.29 is 23.5 Å². The van der Waals surface area contributed by atoms with Gasteiger partial charge in [0, 0.05) is 0 Å². The molecule has 0 aliphatic heterocycles.